The molecule has 4 aromatic heterocycles. The quantitative estimate of drug-likeness (QED) is 0.0796. The van der Waals surface area contributed by atoms with Crippen molar-refractivity contribution in [2.75, 3.05) is 43.2 Å². The number of amides is 2. The number of carboxylic acids is 1. The summed E-state index contributed by atoms with van der Waals surface area (Å²) in [6.45, 7) is 19.9. The van der Waals surface area contributed by atoms with E-state index in [0.29, 0.717) is 30.5 Å². The molecule has 17 heteroatoms. The molecule has 7 rings (SSSR count). The Labute approximate surface area is 444 Å². The highest BCUT2D eigenvalue weighted by Crippen LogP contribution is 2.30. The minimum atomic E-state index is -1.02. The smallest absolute Gasteiger partial charge is 0.307 e. The highest BCUT2D eigenvalue weighted by Gasteiger charge is 2.30. The fourth-order valence-corrected chi connectivity index (χ4v) is 9.80. The first-order chi connectivity index (χ1) is 35.3. The maximum absolute atomic E-state index is 13.6. The molecule has 7 heterocycles. The molecule has 4 aromatic rings. The van der Waals surface area contributed by atoms with Gasteiger partial charge in [-0.1, -0.05) is 35.1 Å². The fourth-order valence-electron chi connectivity index (χ4n) is 9.80. The number of ether oxygens (including phenoxy) is 2. The van der Waals surface area contributed by atoms with Crippen molar-refractivity contribution < 1.29 is 33.8 Å². The molecule has 3 N–H and O–H groups in total. The second-order valence-corrected chi connectivity index (χ2v) is 21.0. The molecule has 3 fully saturated rings. The van der Waals surface area contributed by atoms with Gasteiger partial charge in [0.25, 0.3) is 11.1 Å². The maximum Gasteiger partial charge on any atom is 0.307 e. The number of carbonyl (C=O) groups excluding carboxylic acids is 3. The Kier molecular flexibility index (Phi) is 24.7. The predicted molar refractivity (Wildman–Crippen MR) is 295 cm³/mol. The topological polar surface area (TPSA) is 207 Å². The van der Waals surface area contributed by atoms with Gasteiger partial charge in [-0.15, -0.1) is 0 Å². The third kappa shape index (κ3) is 18.8. The van der Waals surface area contributed by atoms with E-state index in [1.54, 1.807) is 37.1 Å². The van der Waals surface area contributed by atoms with E-state index in [4.69, 9.17) is 9.47 Å². The lowest BCUT2D eigenvalue weighted by Crippen LogP contribution is -2.40. The van der Waals surface area contributed by atoms with Crippen LogP contribution in [0.3, 0.4) is 0 Å². The van der Waals surface area contributed by atoms with E-state index in [1.165, 1.54) is 54.1 Å². The summed E-state index contributed by atoms with van der Waals surface area (Å²) in [5.74, 6) is -1.79. The number of carbonyl (C=O) groups is 4. The number of pyridine rings is 4. The van der Waals surface area contributed by atoms with Crippen molar-refractivity contribution in [2.45, 2.75) is 176 Å². The average molecular weight is 1040 g/mol. The van der Waals surface area contributed by atoms with Gasteiger partial charge < -0.3 is 44.1 Å². The number of hydrogen-bond donors (Lipinski definition) is 3. The molecule has 6 atom stereocenters. The molecular formula is C58H86N8O9. The molecule has 0 saturated carbocycles. The minimum absolute atomic E-state index is 0. The van der Waals surface area contributed by atoms with Gasteiger partial charge in [-0.3, -0.25) is 38.7 Å². The Hall–Kier alpha value is -6.36. The summed E-state index contributed by atoms with van der Waals surface area (Å²) < 4.78 is 12.8. The molecule has 3 aliphatic heterocycles. The molecule has 3 saturated heterocycles. The number of aryl methyl sites for hydroxylation is 2. The molecule has 0 aromatic carbocycles. The molecule has 75 heavy (non-hydrogen) atoms. The molecular weight excluding hydrogens is 953 g/mol. The summed E-state index contributed by atoms with van der Waals surface area (Å²) in [5.41, 5.74) is 4.48. The minimum Gasteiger partial charge on any atom is -0.481 e. The summed E-state index contributed by atoms with van der Waals surface area (Å²) >= 11 is 0. The second-order valence-electron chi connectivity index (χ2n) is 21.0. The van der Waals surface area contributed by atoms with Gasteiger partial charge in [-0.25, -0.2) is 0 Å². The zero-order valence-corrected chi connectivity index (χ0v) is 45.3. The number of aliphatic carboxylic acids is 1. The number of rotatable bonds is 18. The van der Waals surface area contributed by atoms with Crippen LogP contribution in [-0.2, 0) is 28.7 Å². The third-order valence-corrected chi connectivity index (χ3v) is 13.9. The molecule has 0 bridgehead atoms. The number of nitrogens with zero attached hydrogens (tertiary/aromatic N) is 6. The van der Waals surface area contributed by atoms with Crippen molar-refractivity contribution >= 4 is 35.1 Å². The van der Waals surface area contributed by atoms with Crippen LogP contribution in [0, 0.1) is 25.7 Å². The number of carboxylic acid groups (broad SMARTS) is 1. The van der Waals surface area contributed by atoms with Gasteiger partial charge in [0, 0.05) is 75.3 Å². The van der Waals surface area contributed by atoms with E-state index >= 15 is 0 Å². The first-order valence-corrected chi connectivity index (χ1v) is 26.6. The Balaban J connectivity index is 0.000000292. The number of hydrogen-bond acceptors (Lipinski definition) is 12. The number of anilines is 2. The Morgan fingerprint density at radius 1 is 0.667 bits per heavy atom. The summed E-state index contributed by atoms with van der Waals surface area (Å²) in [6, 6.07) is 8.54. The van der Waals surface area contributed by atoms with Gasteiger partial charge in [-0.2, -0.15) is 0 Å². The lowest BCUT2D eigenvalue weighted by molar-refractivity contribution is -0.142. The van der Waals surface area contributed by atoms with E-state index in [-0.39, 0.29) is 55.0 Å². The van der Waals surface area contributed by atoms with Gasteiger partial charge in [0.2, 0.25) is 11.8 Å². The van der Waals surface area contributed by atoms with Crippen molar-refractivity contribution in [3.8, 4) is 0 Å². The number of esters is 1. The van der Waals surface area contributed by atoms with Gasteiger partial charge >= 0.3 is 11.9 Å². The highest BCUT2D eigenvalue weighted by atomic mass is 16.5. The number of aromatic nitrogens is 4. The van der Waals surface area contributed by atoms with Crippen LogP contribution in [0.2, 0.25) is 0 Å². The zero-order chi connectivity index (χ0) is 53.9. The van der Waals surface area contributed by atoms with Crippen LogP contribution in [-0.4, -0.2) is 93.5 Å². The van der Waals surface area contributed by atoms with Crippen molar-refractivity contribution in [3.05, 3.63) is 117 Å². The van der Waals surface area contributed by atoms with Gasteiger partial charge in [0.1, 0.15) is 12.1 Å². The lowest BCUT2D eigenvalue weighted by Gasteiger charge is -2.35. The van der Waals surface area contributed by atoms with Crippen molar-refractivity contribution in [2.24, 2.45) is 11.8 Å². The lowest BCUT2D eigenvalue weighted by atomic mass is 9.99. The standard InChI is InChI=1S/C27H38N4O4.C26H36N4O4.C4H8O.CH4/c1-18(2)12-24(31-11-9-19(3)13-25(31)32)27(34)29-23(15-26(33)35-5)21-14-22(17-28-16-21)30-10-7-6-8-20(30)4;1-17(2)11-23(30-10-8-18(3)12-24(30)31)26(34)28-22(14-25(32)33)20-13-21(16-27-15-20)29-9-6-5-7-19(29)4;1-2-4-5-3-1;/h9,11,13-14,16-18,20,23-24H,6-8,10,12,15H2,1-5H3,(H,29,34);8,10,12-13,15-17,19,22-23H,5-7,9,11,14H2,1-4H3,(H,28,34)(H,32,33);1-4H2;1H4/t20-,23-,24?;19-,22-,23?;;/m00../s1. The van der Waals surface area contributed by atoms with E-state index in [0.717, 1.165) is 80.1 Å². The fraction of sp³-hybridized carbons (Fsp3) is 0.586. The maximum atomic E-state index is 13.6. The molecule has 0 radical (unpaired) electrons. The molecule has 2 unspecified atom stereocenters. The van der Waals surface area contributed by atoms with E-state index in [2.05, 4.69) is 44.2 Å². The molecule has 3 aliphatic rings. The van der Waals surface area contributed by atoms with Crippen LogP contribution < -0.4 is 31.6 Å². The summed E-state index contributed by atoms with van der Waals surface area (Å²) in [6.07, 6.45) is 20.3. The first kappa shape index (κ1) is 61.2. The number of nitrogens with one attached hydrogen (secondary N) is 2. The van der Waals surface area contributed by atoms with Crippen molar-refractivity contribution in [1.82, 2.24) is 29.7 Å². The monoisotopic (exact) mass is 1040 g/mol. The van der Waals surface area contributed by atoms with Crippen LogP contribution in [0.4, 0.5) is 11.4 Å². The Morgan fingerprint density at radius 3 is 1.44 bits per heavy atom. The van der Waals surface area contributed by atoms with E-state index < -0.39 is 36.1 Å². The van der Waals surface area contributed by atoms with Crippen LogP contribution in [0.15, 0.2) is 83.2 Å². The Bertz CT molecular complexity index is 2570. The predicted octanol–water partition coefficient (Wildman–Crippen LogP) is 9.22. The molecule has 2 amide bonds. The van der Waals surface area contributed by atoms with Crippen LogP contribution >= 0.6 is 0 Å². The average Bonchev–Trinajstić information content (AvgIpc) is 3.96. The van der Waals surface area contributed by atoms with Crippen molar-refractivity contribution in [1.29, 1.82) is 0 Å². The van der Waals surface area contributed by atoms with Crippen molar-refractivity contribution in [3.63, 3.8) is 0 Å². The van der Waals surface area contributed by atoms with Gasteiger partial charge in [0.05, 0.1) is 55.8 Å². The third-order valence-electron chi connectivity index (χ3n) is 13.9. The number of methoxy groups -OCH3 is 1. The summed E-state index contributed by atoms with van der Waals surface area (Å²) in [5, 5.41) is 15.5. The van der Waals surface area contributed by atoms with Crippen LogP contribution in [0.1, 0.15) is 172 Å². The van der Waals surface area contributed by atoms with Gasteiger partial charge in [0.15, 0.2) is 0 Å². The normalized spacial score (nSPS) is 18.0. The van der Waals surface area contributed by atoms with E-state index in [1.807, 2.05) is 65.9 Å². The summed E-state index contributed by atoms with van der Waals surface area (Å²) in [7, 11) is 1.33. The van der Waals surface area contributed by atoms with Crippen LogP contribution in [0.5, 0.6) is 0 Å². The molecule has 0 spiro atoms. The zero-order valence-electron chi connectivity index (χ0n) is 45.3. The molecule has 0 aliphatic carbocycles. The summed E-state index contributed by atoms with van der Waals surface area (Å²) in [4.78, 5) is 89.6. The second kappa shape index (κ2) is 30.3. The van der Waals surface area contributed by atoms with E-state index in [9.17, 15) is 33.9 Å². The first-order valence-electron chi connectivity index (χ1n) is 26.6. The van der Waals surface area contributed by atoms with Crippen LogP contribution in [0.25, 0.3) is 0 Å². The highest BCUT2D eigenvalue weighted by molar-refractivity contribution is 5.82. The largest absolute Gasteiger partial charge is 0.481 e. The molecule has 412 valence electrons. The Morgan fingerprint density at radius 2 is 1.09 bits per heavy atom. The SMILES string of the molecule is C.C1CCOC1.COC(=O)C[C@H](NC(=O)C(CC(C)C)n1ccc(C)cc1=O)c1cncc(N2CCCC[C@@H]2C)c1.Cc1ccn(C(CC(C)C)C(=O)N[C@@H](CC(=O)O)c2cncc(N3CCCC[C@@H]3C)c2)c(=O)c1. The van der Waals surface area contributed by atoms with Gasteiger partial charge in [-0.05, 0) is 150 Å². The number of piperidine rings is 2. The molecule has 17 nitrogen and oxygen atoms in total.